The topological polar surface area (TPSA) is 57.5 Å². The molecule has 0 saturated heterocycles. The van der Waals surface area contributed by atoms with Gasteiger partial charge in [0.25, 0.3) is 0 Å². The molecule has 1 aliphatic carbocycles. The maximum atomic E-state index is 11.2. The number of carbonyl (C=O) groups is 1. The van der Waals surface area contributed by atoms with Crippen LogP contribution in [0.25, 0.3) is 0 Å². The van der Waals surface area contributed by atoms with Crippen molar-refractivity contribution in [2.75, 3.05) is 6.61 Å². The normalized spacial score (nSPS) is 34.2. The van der Waals surface area contributed by atoms with E-state index in [4.69, 9.17) is 5.11 Å². The predicted octanol–water partition coefficient (Wildman–Crippen LogP) is 0.367. The van der Waals surface area contributed by atoms with Gasteiger partial charge in [0.2, 0.25) is 0 Å². The maximum absolute atomic E-state index is 11.2. The third-order valence-electron chi connectivity index (χ3n) is 2.64. The summed E-state index contributed by atoms with van der Waals surface area (Å²) in [7, 11) is 0. The molecule has 0 aliphatic heterocycles. The highest BCUT2D eigenvalue weighted by molar-refractivity contribution is 5.94. The van der Waals surface area contributed by atoms with Gasteiger partial charge >= 0.3 is 0 Å². The van der Waals surface area contributed by atoms with Crippen LogP contribution in [0.2, 0.25) is 0 Å². The van der Waals surface area contributed by atoms with Crippen molar-refractivity contribution in [2.24, 2.45) is 17.8 Å². The molecular formula is C10H16O3. The SMILES string of the molecule is CC(C)[C@H]1[C@H](CO)C=CC(=O)[C@@H]1O. The highest BCUT2D eigenvalue weighted by atomic mass is 16.3. The standard InChI is InChI=1S/C10H16O3/c1-6(2)9-7(5-11)3-4-8(12)10(9)13/h3-4,6-7,9-11,13H,5H2,1-2H3/t7-,9-,10-/m0/s1. The van der Waals surface area contributed by atoms with Crippen molar-refractivity contribution >= 4 is 5.78 Å². The van der Waals surface area contributed by atoms with Gasteiger partial charge in [0, 0.05) is 18.4 Å². The average Bonchev–Trinajstić information content (AvgIpc) is 2.08. The Balaban J connectivity index is 2.87. The molecule has 0 aromatic carbocycles. The Labute approximate surface area is 78.1 Å². The molecule has 0 aromatic rings. The molecule has 0 fully saturated rings. The van der Waals surface area contributed by atoms with Gasteiger partial charge in [-0.1, -0.05) is 19.9 Å². The largest absolute Gasteiger partial charge is 0.396 e. The van der Waals surface area contributed by atoms with Crippen molar-refractivity contribution in [3.8, 4) is 0 Å². The van der Waals surface area contributed by atoms with E-state index in [2.05, 4.69) is 0 Å². The highest BCUT2D eigenvalue weighted by Gasteiger charge is 2.35. The first-order chi connectivity index (χ1) is 6.07. The summed E-state index contributed by atoms with van der Waals surface area (Å²) in [6.45, 7) is 3.88. The van der Waals surface area contributed by atoms with Gasteiger partial charge in [0.15, 0.2) is 5.78 Å². The molecule has 2 N–H and O–H groups in total. The third kappa shape index (κ3) is 1.98. The number of hydrogen-bond donors (Lipinski definition) is 2. The van der Waals surface area contributed by atoms with Crippen LogP contribution in [0, 0.1) is 17.8 Å². The Bertz CT molecular complexity index is 220. The third-order valence-corrected chi connectivity index (χ3v) is 2.64. The fourth-order valence-electron chi connectivity index (χ4n) is 1.91. The van der Waals surface area contributed by atoms with E-state index in [0.717, 1.165) is 0 Å². The number of rotatable bonds is 2. The summed E-state index contributed by atoms with van der Waals surface area (Å²) in [6, 6.07) is 0. The Kier molecular flexibility index (Phi) is 3.22. The maximum Gasteiger partial charge on any atom is 0.184 e. The van der Waals surface area contributed by atoms with Crippen LogP contribution in [0.3, 0.4) is 0 Å². The average molecular weight is 184 g/mol. The first-order valence-corrected chi connectivity index (χ1v) is 4.59. The molecule has 0 radical (unpaired) electrons. The number of hydrogen-bond acceptors (Lipinski definition) is 3. The minimum Gasteiger partial charge on any atom is -0.396 e. The van der Waals surface area contributed by atoms with Crippen LogP contribution in [-0.2, 0) is 4.79 Å². The van der Waals surface area contributed by atoms with Gasteiger partial charge in [-0.25, -0.2) is 0 Å². The smallest absolute Gasteiger partial charge is 0.184 e. The van der Waals surface area contributed by atoms with Crippen molar-refractivity contribution in [3.63, 3.8) is 0 Å². The molecule has 0 bridgehead atoms. The highest BCUT2D eigenvalue weighted by Crippen LogP contribution is 2.29. The molecule has 0 aromatic heterocycles. The van der Waals surface area contributed by atoms with E-state index in [1.165, 1.54) is 6.08 Å². The summed E-state index contributed by atoms with van der Waals surface area (Å²) in [6.07, 6.45) is 2.12. The molecule has 74 valence electrons. The zero-order chi connectivity index (χ0) is 10.0. The second-order valence-corrected chi connectivity index (χ2v) is 3.87. The summed E-state index contributed by atoms with van der Waals surface area (Å²) in [5, 5.41) is 18.6. The van der Waals surface area contributed by atoms with Crippen LogP contribution in [0.15, 0.2) is 12.2 Å². The molecule has 1 rings (SSSR count). The van der Waals surface area contributed by atoms with Gasteiger partial charge in [0.1, 0.15) is 6.10 Å². The summed E-state index contributed by atoms with van der Waals surface area (Å²) in [4.78, 5) is 11.2. The molecule has 0 heterocycles. The molecule has 3 heteroatoms. The number of aliphatic hydroxyl groups excluding tert-OH is 2. The van der Waals surface area contributed by atoms with Crippen molar-refractivity contribution in [1.82, 2.24) is 0 Å². The number of aliphatic hydroxyl groups is 2. The Hall–Kier alpha value is -0.670. The number of carbonyl (C=O) groups excluding carboxylic acids is 1. The molecule has 1 aliphatic rings. The van der Waals surface area contributed by atoms with Crippen molar-refractivity contribution in [3.05, 3.63) is 12.2 Å². The first-order valence-electron chi connectivity index (χ1n) is 4.59. The van der Waals surface area contributed by atoms with Crippen molar-refractivity contribution < 1.29 is 15.0 Å². The van der Waals surface area contributed by atoms with Crippen LogP contribution >= 0.6 is 0 Å². The lowest BCUT2D eigenvalue weighted by Gasteiger charge is -2.32. The number of ketones is 1. The van der Waals surface area contributed by atoms with Gasteiger partial charge in [-0.3, -0.25) is 4.79 Å². The van der Waals surface area contributed by atoms with Crippen LogP contribution < -0.4 is 0 Å². The fourth-order valence-corrected chi connectivity index (χ4v) is 1.91. The summed E-state index contributed by atoms with van der Waals surface area (Å²) < 4.78 is 0. The molecule has 0 saturated carbocycles. The Morgan fingerprint density at radius 1 is 1.54 bits per heavy atom. The second-order valence-electron chi connectivity index (χ2n) is 3.87. The first kappa shape index (κ1) is 10.4. The van der Waals surface area contributed by atoms with Gasteiger partial charge < -0.3 is 10.2 Å². The molecule has 0 amide bonds. The summed E-state index contributed by atoms with van der Waals surface area (Å²) in [5.74, 6) is -0.292. The minimum atomic E-state index is -0.942. The zero-order valence-corrected chi connectivity index (χ0v) is 7.97. The van der Waals surface area contributed by atoms with E-state index in [-0.39, 0.29) is 30.1 Å². The minimum absolute atomic E-state index is 0.0102. The quantitative estimate of drug-likeness (QED) is 0.651. The summed E-state index contributed by atoms with van der Waals surface area (Å²) >= 11 is 0. The van der Waals surface area contributed by atoms with Crippen molar-refractivity contribution in [1.29, 1.82) is 0 Å². The van der Waals surface area contributed by atoms with E-state index >= 15 is 0 Å². The van der Waals surface area contributed by atoms with Crippen LogP contribution in [0.1, 0.15) is 13.8 Å². The lowest BCUT2D eigenvalue weighted by Crippen LogP contribution is -2.40. The van der Waals surface area contributed by atoms with Gasteiger partial charge in [-0.05, 0) is 12.0 Å². The van der Waals surface area contributed by atoms with E-state index in [9.17, 15) is 9.90 Å². The fraction of sp³-hybridized carbons (Fsp3) is 0.700. The van der Waals surface area contributed by atoms with E-state index in [0.29, 0.717) is 0 Å². The van der Waals surface area contributed by atoms with Crippen LogP contribution in [-0.4, -0.2) is 28.7 Å². The van der Waals surface area contributed by atoms with Crippen LogP contribution in [0.4, 0.5) is 0 Å². The zero-order valence-electron chi connectivity index (χ0n) is 7.97. The predicted molar refractivity (Wildman–Crippen MR) is 49.1 cm³/mol. The molecule has 3 nitrogen and oxygen atoms in total. The van der Waals surface area contributed by atoms with Crippen molar-refractivity contribution in [2.45, 2.75) is 20.0 Å². The molecular weight excluding hydrogens is 168 g/mol. The Morgan fingerprint density at radius 2 is 2.15 bits per heavy atom. The monoisotopic (exact) mass is 184 g/mol. The lowest BCUT2D eigenvalue weighted by molar-refractivity contribution is -0.128. The molecule has 0 unspecified atom stereocenters. The molecule has 0 spiro atoms. The van der Waals surface area contributed by atoms with E-state index in [1.807, 2.05) is 13.8 Å². The second kappa shape index (κ2) is 4.03. The summed E-state index contributed by atoms with van der Waals surface area (Å²) in [5.41, 5.74) is 0. The van der Waals surface area contributed by atoms with E-state index < -0.39 is 6.10 Å². The Morgan fingerprint density at radius 3 is 2.62 bits per heavy atom. The van der Waals surface area contributed by atoms with Gasteiger partial charge in [-0.2, -0.15) is 0 Å². The molecule has 13 heavy (non-hydrogen) atoms. The van der Waals surface area contributed by atoms with Crippen LogP contribution in [0.5, 0.6) is 0 Å². The molecule has 3 atom stereocenters. The van der Waals surface area contributed by atoms with Gasteiger partial charge in [-0.15, -0.1) is 0 Å². The van der Waals surface area contributed by atoms with E-state index in [1.54, 1.807) is 6.08 Å². The lowest BCUT2D eigenvalue weighted by atomic mass is 9.75. The van der Waals surface area contributed by atoms with Gasteiger partial charge in [0.05, 0.1) is 0 Å².